The molecule has 160 valence electrons. The average Bonchev–Trinajstić information content (AvgIpc) is 3.46. The molecule has 6 nitrogen and oxygen atoms in total. The largest absolute Gasteiger partial charge is 0.384 e. The lowest BCUT2D eigenvalue weighted by Crippen LogP contribution is -2.40. The number of hydrogen-bond donors (Lipinski definition) is 2. The van der Waals surface area contributed by atoms with Gasteiger partial charge in [0.1, 0.15) is 5.82 Å². The number of H-pyrrole nitrogens is 1. The molecule has 1 aromatic carbocycles. The zero-order valence-corrected chi connectivity index (χ0v) is 18.9. The summed E-state index contributed by atoms with van der Waals surface area (Å²) in [6.07, 6.45) is 1.15. The Balaban J connectivity index is 1.67. The van der Waals surface area contributed by atoms with Gasteiger partial charge in [0.2, 0.25) is 0 Å². The third-order valence-corrected chi connectivity index (χ3v) is 6.95. The SMILES string of the molecule is CC1CC(=O)C2=C(C1)N(c1cc(-c3ccc(Cl)cc3)[nH]n1)C(N)=C(C#N)C2c1ccsc1. The maximum Gasteiger partial charge on any atom is 0.161 e. The summed E-state index contributed by atoms with van der Waals surface area (Å²) < 4.78 is 0. The van der Waals surface area contributed by atoms with E-state index in [9.17, 15) is 10.1 Å². The third kappa shape index (κ3) is 3.32. The van der Waals surface area contributed by atoms with E-state index in [0.717, 1.165) is 22.5 Å². The van der Waals surface area contributed by atoms with Crippen molar-refractivity contribution in [2.75, 3.05) is 4.90 Å². The number of hydrogen-bond acceptors (Lipinski definition) is 6. The van der Waals surface area contributed by atoms with Gasteiger partial charge in [0.05, 0.1) is 23.3 Å². The molecule has 0 saturated carbocycles. The van der Waals surface area contributed by atoms with E-state index in [-0.39, 0.29) is 11.7 Å². The predicted molar refractivity (Wildman–Crippen MR) is 126 cm³/mol. The smallest absolute Gasteiger partial charge is 0.161 e. The van der Waals surface area contributed by atoms with Crippen molar-refractivity contribution in [3.63, 3.8) is 0 Å². The van der Waals surface area contributed by atoms with E-state index in [1.807, 2.05) is 47.2 Å². The molecule has 0 spiro atoms. The van der Waals surface area contributed by atoms with Gasteiger partial charge in [0.15, 0.2) is 11.6 Å². The van der Waals surface area contributed by atoms with Gasteiger partial charge in [0, 0.05) is 28.8 Å². The van der Waals surface area contributed by atoms with Crippen LogP contribution in [0.15, 0.2) is 69.8 Å². The molecular formula is C24H20ClN5OS. The molecule has 1 aliphatic carbocycles. The predicted octanol–water partition coefficient (Wildman–Crippen LogP) is 5.34. The van der Waals surface area contributed by atoms with Crippen molar-refractivity contribution in [2.24, 2.45) is 11.7 Å². The number of nitrogens with two attached hydrogens (primary N) is 1. The number of nitrogens with zero attached hydrogens (tertiary/aromatic N) is 3. The van der Waals surface area contributed by atoms with Crippen molar-refractivity contribution in [1.82, 2.24) is 10.2 Å². The number of benzene rings is 1. The summed E-state index contributed by atoms with van der Waals surface area (Å²) in [5.74, 6) is 0.677. The van der Waals surface area contributed by atoms with Crippen LogP contribution in [0.5, 0.6) is 0 Å². The second-order valence-corrected chi connectivity index (χ2v) is 9.40. The molecular weight excluding hydrogens is 442 g/mol. The van der Waals surface area contributed by atoms with Crippen LogP contribution in [0.4, 0.5) is 5.82 Å². The van der Waals surface area contributed by atoms with Gasteiger partial charge >= 0.3 is 0 Å². The molecule has 2 unspecified atom stereocenters. The van der Waals surface area contributed by atoms with Gasteiger partial charge in [-0.2, -0.15) is 21.7 Å². The molecule has 2 atom stereocenters. The lowest BCUT2D eigenvalue weighted by Gasteiger charge is -2.39. The summed E-state index contributed by atoms with van der Waals surface area (Å²) in [4.78, 5) is 15.0. The molecule has 2 aromatic heterocycles. The number of allylic oxidation sites excluding steroid dienone is 3. The van der Waals surface area contributed by atoms with Crippen molar-refractivity contribution in [3.8, 4) is 17.3 Å². The molecule has 2 aliphatic rings. The molecule has 3 N–H and O–H groups in total. The minimum Gasteiger partial charge on any atom is -0.384 e. The second kappa shape index (κ2) is 7.97. The number of carbonyl (C=O) groups excluding carboxylic acids is 1. The average molecular weight is 462 g/mol. The molecule has 0 bridgehead atoms. The quantitative estimate of drug-likeness (QED) is 0.548. The Bertz CT molecular complexity index is 1300. The van der Waals surface area contributed by atoms with E-state index in [1.165, 1.54) is 0 Å². The Morgan fingerprint density at radius 3 is 2.75 bits per heavy atom. The number of halogens is 1. The minimum atomic E-state index is -0.438. The summed E-state index contributed by atoms with van der Waals surface area (Å²) >= 11 is 7.55. The Morgan fingerprint density at radius 2 is 2.06 bits per heavy atom. The first-order valence-electron chi connectivity index (χ1n) is 10.3. The fourth-order valence-corrected chi connectivity index (χ4v) is 5.37. The standard InChI is InChI=1S/C24H20ClN5OS/c1-13-8-19-23(20(31)9-13)22(15-6-7-32-12-15)17(11-26)24(27)30(19)21-10-18(28-29-21)14-2-4-16(25)5-3-14/h2-7,10,12-13,22H,8-9,27H2,1H3,(H,28,29). The number of anilines is 1. The van der Waals surface area contributed by atoms with E-state index in [4.69, 9.17) is 17.3 Å². The topological polar surface area (TPSA) is 98.8 Å². The van der Waals surface area contributed by atoms with E-state index < -0.39 is 5.92 Å². The van der Waals surface area contributed by atoms with Gasteiger partial charge in [0.25, 0.3) is 0 Å². The fraction of sp³-hybridized carbons (Fsp3) is 0.208. The second-order valence-electron chi connectivity index (χ2n) is 8.18. The van der Waals surface area contributed by atoms with Crippen LogP contribution in [0, 0.1) is 17.2 Å². The Labute approximate surface area is 194 Å². The zero-order chi connectivity index (χ0) is 22.4. The first-order valence-corrected chi connectivity index (χ1v) is 11.6. The minimum absolute atomic E-state index is 0.0636. The van der Waals surface area contributed by atoms with E-state index in [2.05, 4.69) is 23.2 Å². The van der Waals surface area contributed by atoms with Crippen molar-refractivity contribution in [3.05, 3.63) is 80.4 Å². The van der Waals surface area contributed by atoms with Gasteiger partial charge in [-0.15, -0.1) is 0 Å². The zero-order valence-electron chi connectivity index (χ0n) is 17.3. The lowest BCUT2D eigenvalue weighted by molar-refractivity contribution is -0.117. The van der Waals surface area contributed by atoms with E-state index in [1.54, 1.807) is 16.2 Å². The maximum absolute atomic E-state index is 13.3. The molecule has 3 aromatic rings. The molecule has 0 saturated heterocycles. The fourth-order valence-electron chi connectivity index (χ4n) is 4.56. The van der Waals surface area contributed by atoms with Crippen LogP contribution in [0.3, 0.4) is 0 Å². The van der Waals surface area contributed by atoms with Gasteiger partial charge in [-0.25, -0.2) is 0 Å². The summed E-state index contributed by atoms with van der Waals surface area (Å²) in [5, 5.41) is 22.2. The highest BCUT2D eigenvalue weighted by molar-refractivity contribution is 7.08. The number of rotatable bonds is 3. The normalized spacial score (nSPS) is 21.0. The number of aromatic nitrogens is 2. The van der Waals surface area contributed by atoms with Gasteiger partial charge < -0.3 is 5.73 Å². The van der Waals surface area contributed by atoms with Gasteiger partial charge in [-0.05, 0) is 52.4 Å². The summed E-state index contributed by atoms with van der Waals surface area (Å²) in [5.41, 5.74) is 11.1. The van der Waals surface area contributed by atoms with Crippen molar-refractivity contribution >= 4 is 34.5 Å². The molecule has 0 fully saturated rings. The number of Topliss-reactive ketones (excluding diaryl/α,β-unsaturated/α-hetero) is 1. The van der Waals surface area contributed by atoms with Crippen LogP contribution in [-0.4, -0.2) is 16.0 Å². The monoisotopic (exact) mass is 461 g/mol. The summed E-state index contributed by atoms with van der Waals surface area (Å²) in [7, 11) is 0. The summed E-state index contributed by atoms with van der Waals surface area (Å²) in [6, 6.07) is 13.5. The Morgan fingerprint density at radius 1 is 1.28 bits per heavy atom. The van der Waals surface area contributed by atoms with Crippen molar-refractivity contribution in [2.45, 2.75) is 25.7 Å². The first kappa shape index (κ1) is 20.6. The molecule has 0 amide bonds. The Kier molecular flexibility index (Phi) is 5.12. The molecule has 32 heavy (non-hydrogen) atoms. The first-order chi connectivity index (χ1) is 15.5. The Hall–Kier alpha value is -3.34. The lowest BCUT2D eigenvalue weighted by atomic mass is 9.74. The number of nitrogens with one attached hydrogen (secondary N) is 1. The highest BCUT2D eigenvalue weighted by Crippen LogP contribution is 2.47. The van der Waals surface area contributed by atoms with Crippen LogP contribution in [0.25, 0.3) is 11.3 Å². The van der Waals surface area contributed by atoms with Crippen LogP contribution < -0.4 is 10.6 Å². The molecule has 5 rings (SSSR count). The molecule has 0 radical (unpaired) electrons. The number of ketones is 1. The maximum atomic E-state index is 13.3. The highest BCUT2D eigenvalue weighted by Gasteiger charge is 2.42. The van der Waals surface area contributed by atoms with Crippen molar-refractivity contribution < 1.29 is 4.79 Å². The molecule has 8 heteroatoms. The molecule has 3 heterocycles. The van der Waals surface area contributed by atoms with Gasteiger partial charge in [-0.3, -0.25) is 14.8 Å². The third-order valence-electron chi connectivity index (χ3n) is 6.00. The van der Waals surface area contributed by atoms with Gasteiger partial charge in [-0.1, -0.05) is 30.7 Å². The van der Waals surface area contributed by atoms with Crippen LogP contribution in [-0.2, 0) is 4.79 Å². The number of nitriles is 1. The van der Waals surface area contributed by atoms with Crippen LogP contribution in [0.2, 0.25) is 5.02 Å². The van der Waals surface area contributed by atoms with Crippen molar-refractivity contribution in [1.29, 1.82) is 5.26 Å². The highest BCUT2D eigenvalue weighted by atomic mass is 35.5. The number of carbonyl (C=O) groups is 1. The summed E-state index contributed by atoms with van der Waals surface area (Å²) in [6.45, 7) is 2.06. The number of thiophene rings is 1. The van der Waals surface area contributed by atoms with Crippen LogP contribution >= 0.6 is 22.9 Å². The van der Waals surface area contributed by atoms with Crippen LogP contribution in [0.1, 0.15) is 31.2 Å². The van der Waals surface area contributed by atoms with E-state index in [0.29, 0.717) is 40.6 Å². The molecule has 1 aliphatic heterocycles. The number of aromatic amines is 1. The van der Waals surface area contributed by atoms with E-state index >= 15 is 0 Å².